The van der Waals surface area contributed by atoms with E-state index in [0.29, 0.717) is 12.0 Å². The first-order valence-electron chi connectivity index (χ1n) is 10.8. The van der Waals surface area contributed by atoms with Gasteiger partial charge in [-0.15, -0.1) is 24.0 Å². The van der Waals surface area contributed by atoms with Gasteiger partial charge in [-0.3, -0.25) is 0 Å². The molecule has 0 atom stereocenters. The van der Waals surface area contributed by atoms with Crippen molar-refractivity contribution in [1.29, 1.82) is 0 Å². The smallest absolute Gasteiger partial charge is 0.321 e. The summed E-state index contributed by atoms with van der Waals surface area (Å²) in [5, 5.41) is 9.89. The summed E-state index contributed by atoms with van der Waals surface area (Å²) in [5.41, 5.74) is 2.38. The summed E-state index contributed by atoms with van der Waals surface area (Å²) in [5.74, 6) is 0.869. The third-order valence-electron chi connectivity index (χ3n) is 6.13. The SMILES string of the molecule is CCNC(=NCc1cccc(NC(=O)N2CCCC2)c1)NCC1(CC)CCC1.I. The molecule has 6 nitrogen and oxygen atoms in total. The Morgan fingerprint density at radius 3 is 2.52 bits per heavy atom. The zero-order valence-corrected chi connectivity index (χ0v) is 20.1. The van der Waals surface area contributed by atoms with Crippen LogP contribution in [0.4, 0.5) is 10.5 Å². The van der Waals surface area contributed by atoms with E-state index in [-0.39, 0.29) is 30.0 Å². The van der Waals surface area contributed by atoms with Crippen LogP contribution in [-0.2, 0) is 6.54 Å². The molecule has 0 radical (unpaired) electrons. The molecule has 1 aromatic rings. The first-order valence-corrected chi connectivity index (χ1v) is 10.8. The molecule has 0 spiro atoms. The largest absolute Gasteiger partial charge is 0.357 e. The van der Waals surface area contributed by atoms with Gasteiger partial charge in [0.1, 0.15) is 0 Å². The highest BCUT2D eigenvalue weighted by atomic mass is 127. The van der Waals surface area contributed by atoms with Crippen molar-refractivity contribution in [2.75, 3.05) is 31.5 Å². The molecule has 3 N–H and O–H groups in total. The molecule has 2 aliphatic rings. The number of carbonyl (C=O) groups is 1. The van der Waals surface area contributed by atoms with Gasteiger partial charge in [0.2, 0.25) is 0 Å². The summed E-state index contributed by atoms with van der Waals surface area (Å²) in [6.07, 6.45) is 7.39. The fourth-order valence-corrected chi connectivity index (χ4v) is 3.99. The van der Waals surface area contributed by atoms with Crippen LogP contribution in [0.2, 0.25) is 0 Å². The lowest BCUT2D eigenvalue weighted by molar-refractivity contribution is 0.131. The molecule has 2 amide bonds. The molecule has 7 heteroatoms. The normalized spacial score (nSPS) is 17.9. The van der Waals surface area contributed by atoms with E-state index in [9.17, 15) is 4.79 Å². The molecule has 0 bridgehead atoms. The number of likely N-dealkylation sites (tertiary alicyclic amines) is 1. The summed E-state index contributed by atoms with van der Waals surface area (Å²) < 4.78 is 0. The number of carbonyl (C=O) groups excluding carboxylic acids is 1. The van der Waals surface area contributed by atoms with E-state index >= 15 is 0 Å². The minimum Gasteiger partial charge on any atom is -0.357 e. The van der Waals surface area contributed by atoms with Crippen LogP contribution in [0.25, 0.3) is 0 Å². The van der Waals surface area contributed by atoms with Crippen molar-refractivity contribution in [3.8, 4) is 0 Å². The van der Waals surface area contributed by atoms with Crippen LogP contribution >= 0.6 is 24.0 Å². The van der Waals surface area contributed by atoms with Gasteiger partial charge in [-0.25, -0.2) is 9.79 Å². The van der Waals surface area contributed by atoms with Gasteiger partial charge in [0.05, 0.1) is 6.54 Å². The summed E-state index contributed by atoms with van der Waals surface area (Å²) in [4.78, 5) is 18.9. The number of amides is 2. The van der Waals surface area contributed by atoms with Crippen molar-refractivity contribution >= 4 is 41.7 Å². The van der Waals surface area contributed by atoms with Crippen LogP contribution in [0.3, 0.4) is 0 Å². The van der Waals surface area contributed by atoms with E-state index in [4.69, 9.17) is 4.99 Å². The van der Waals surface area contributed by atoms with Crippen molar-refractivity contribution in [2.24, 2.45) is 10.4 Å². The minimum absolute atomic E-state index is 0. The highest BCUT2D eigenvalue weighted by Crippen LogP contribution is 2.42. The van der Waals surface area contributed by atoms with Crippen molar-refractivity contribution in [2.45, 2.75) is 58.9 Å². The molecule has 1 aromatic carbocycles. The van der Waals surface area contributed by atoms with Gasteiger partial charge in [-0.05, 0) is 62.1 Å². The third-order valence-corrected chi connectivity index (χ3v) is 6.13. The molecule has 29 heavy (non-hydrogen) atoms. The molecule has 2 fully saturated rings. The lowest BCUT2D eigenvalue weighted by Gasteiger charge is -2.41. The molecule has 1 aliphatic carbocycles. The number of nitrogens with one attached hydrogen (secondary N) is 3. The Morgan fingerprint density at radius 1 is 1.14 bits per heavy atom. The Hall–Kier alpha value is -1.51. The maximum Gasteiger partial charge on any atom is 0.321 e. The topological polar surface area (TPSA) is 68.8 Å². The lowest BCUT2D eigenvalue weighted by Crippen LogP contribution is -2.46. The fraction of sp³-hybridized carbons (Fsp3) is 0.636. The number of nitrogens with zero attached hydrogens (tertiary/aromatic N) is 2. The van der Waals surface area contributed by atoms with Gasteiger partial charge in [0, 0.05) is 31.9 Å². The quantitative estimate of drug-likeness (QED) is 0.284. The van der Waals surface area contributed by atoms with Crippen LogP contribution in [-0.4, -0.2) is 43.1 Å². The maximum absolute atomic E-state index is 12.3. The summed E-state index contributed by atoms with van der Waals surface area (Å²) in [6.45, 7) is 8.50. The molecule has 3 rings (SSSR count). The van der Waals surface area contributed by atoms with Crippen LogP contribution in [0.15, 0.2) is 29.3 Å². The number of rotatable bonds is 7. The number of hydrogen-bond acceptors (Lipinski definition) is 2. The number of halogens is 1. The second-order valence-corrected chi connectivity index (χ2v) is 8.08. The Bertz CT molecular complexity index is 678. The predicted octanol–water partition coefficient (Wildman–Crippen LogP) is 4.57. The van der Waals surface area contributed by atoms with Gasteiger partial charge in [-0.2, -0.15) is 0 Å². The Morgan fingerprint density at radius 2 is 1.90 bits per heavy atom. The molecular weight excluding hydrogens is 477 g/mol. The van der Waals surface area contributed by atoms with Crippen molar-refractivity contribution in [3.05, 3.63) is 29.8 Å². The first kappa shape index (κ1) is 23.8. The van der Waals surface area contributed by atoms with Crippen LogP contribution in [0.5, 0.6) is 0 Å². The van der Waals surface area contributed by atoms with E-state index in [1.165, 1.54) is 25.7 Å². The predicted molar refractivity (Wildman–Crippen MR) is 131 cm³/mol. The van der Waals surface area contributed by atoms with Crippen molar-refractivity contribution in [3.63, 3.8) is 0 Å². The number of urea groups is 1. The summed E-state index contributed by atoms with van der Waals surface area (Å²) in [6, 6.07) is 7.98. The highest BCUT2D eigenvalue weighted by molar-refractivity contribution is 14.0. The summed E-state index contributed by atoms with van der Waals surface area (Å²) >= 11 is 0. The number of anilines is 1. The second kappa shape index (κ2) is 11.6. The zero-order valence-electron chi connectivity index (χ0n) is 17.8. The van der Waals surface area contributed by atoms with Crippen LogP contribution in [0.1, 0.15) is 57.9 Å². The lowest BCUT2D eigenvalue weighted by atomic mass is 9.67. The summed E-state index contributed by atoms with van der Waals surface area (Å²) in [7, 11) is 0. The van der Waals surface area contributed by atoms with E-state index in [2.05, 4.69) is 35.9 Å². The standard InChI is InChI=1S/C22H35N5O.HI/c1-3-22(11-8-12-22)17-25-20(23-4-2)24-16-18-9-7-10-19(15-18)26-21(28)27-13-5-6-14-27;/h7,9-10,15H,3-6,8,11-14,16-17H2,1-2H3,(H,26,28)(H2,23,24,25);1H. The zero-order chi connectivity index (χ0) is 19.8. The van der Waals surface area contributed by atoms with Gasteiger partial charge >= 0.3 is 6.03 Å². The van der Waals surface area contributed by atoms with Crippen LogP contribution < -0.4 is 16.0 Å². The molecule has 1 aliphatic heterocycles. The third kappa shape index (κ3) is 6.76. The average molecular weight is 513 g/mol. The maximum atomic E-state index is 12.3. The van der Waals surface area contributed by atoms with Gasteiger partial charge in [0.15, 0.2) is 5.96 Å². The van der Waals surface area contributed by atoms with E-state index in [1.54, 1.807) is 0 Å². The number of benzene rings is 1. The molecular formula is C22H36IN5O. The van der Waals surface area contributed by atoms with Crippen molar-refractivity contribution < 1.29 is 4.79 Å². The van der Waals surface area contributed by atoms with E-state index < -0.39 is 0 Å². The molecule has 1 heterocycles. The van der Waals surface area contributed by atoms with E-state index in [0.717, 1.165) is 56.2 Å². The molecule has 0 aromatic heterocycles. The second-order valence-electron chi connectivity index (χ2n) is 8.08. The Kier molecular flexibility index (Phi) is 9.52. The highest BCUT2D eigenvalue weighted by Gasteiger charge is 2.34. The van der Waals surface area contributed by atoms with Crippen LogP contribution in [0, 0.1) is 5.41 Å². The molecule has 0 unspecified atom stereocenters. The van der Waals surface area contributed by atoms with Gasteiger partial charge < -0.3 is 20.9 Å². The van der Waals surface area contributed by atoms with Gasteiger partial charge in [0.25, 0.3) is 0 Å². The fourth-order valence-electron chi connectivity index (χ4n) is 3.99. The number of aliphatic imine (C=N–C) groups is 1. The van der Waals surface area contributed by atoms with E-state index in [1.807, 2.05) is 23.1 Å². The Labute approximate surface area is 192 Å². The minimum atomic E-state index is -0.00137. The number of hydrogen-bond donors (Lipinski definition) is 3. The molecule has 1 saturated carbocycles. The number of guanidine groups is 1. The Balaban J connectivity index is 0.00000300. The average Bonchev–Trinajstić information content (AvgIpc) is 3.21. The molecule has 162 valence electrons. The van der Waals surface area contributed by atoms with Gasteiger partial charge in [-0.1, -0.05) is 25.5 Å². The van der Waals surface area contributed by atoms with Crippen molar-refractivity contribution in [1.82, 2.24) is 15.5 Å². The monoisotopic (exact) mass is 513 g/mol. The molecule has 1 saturated heterocycles. The first-order chi connectivity index (χ1) is 13.6.